The molecule has 6 nitrogen and oxygen atoms in total. The Kier molecular flexibility index (Phi) is 3.92. The van der Waals surface area contributed by atoms with Crippen LogP contribution >= 0.6 is 0 Å². The second kappa shape index (κ2) is 6.05. The molecule has 6 heteroatoms. The van der Waals surface area contributed by atoms with Crippen molar-refractivity contribution in [3.8, 4) is 17.5 Å². The highest BCUT2D eigenvalue weighted by atomic mass is 16.6. The largest absolute Gasteiger partial charge is 0.479 e. The molecular formula is C21H23N3O3. The lowest BCUT2D eigenvalue weighted by Gasteiger charge is -2.45. The molecule has 0 bridgehead atoms. The van der Waals surface area contributed by atoms with Gasteiger partial charge in [-0.1, -0.05) is 12.1 Å². The summed E-state index contributed by atoms with van der Waals surface area (Å²) in [5.41, 5.74) is 1.40. The number of carbonyl (C=O) groups excluding carboxylic acids is 1. The molecule has 2 aromatic rings. The van der Waals surface area contributed by atoms with Crippen molar-refractivity contribution in [2.75, 3.05) is 13.1 Å². The maximum Gasteiger partial charge on any atom is 0.410 e. The minimum atomic E-state index is -0.540. The van der Waals surface area contributed by atoms with Crippen molar-refractivity contribution in [3.63, 3.8) is 0 Å². The summed E-state index contributed by atoms with van der Waals surface area (Å²) in [6.45, 7) is 6.70. The Morgan fingerprint density at radius 3 is 2.56 bits per heavy atom. The molecule has 0 unspecified atom stereocenters. The zero-order valence-corrected chi connectivity index (χ0v) is 15.9. The zero-order chi connectivity index (χ0) is 19.2. The van der Waals surface area contributed by atoms with Crippen LogP contribution < -0.4 is 4.74 Å². The van der Waals surface area contributed by atoms with Gasteiger partial charge >= 0.3 is 6.09 Å². The van der Waals surface area contributed by atoms with Gasteiger partial charge in [0.2, 0.25) is 0 Å². The van der Waals surface area contributed by atoms with Crippen LogP contribution in [0.4, 0.5) is 4.79 Å². The first-order valence-electron chi connectivity index (χ1n) is 9.22. The molecule has 0 N–H and O–H groups in total. The topological polar surface area (TPSA) is 67.5 Å². The van der Waals surface area contributed by atoms with Gasteiger partial charge in [0.1, 0.15) is 23.1 Å². The lowest BCUT2D eigenvalue weighted by atomic mass is 9.86. The van der Waals surface area contributed by atoms with Crippen molar-refractivity contribution in [1.82, 2.24) is 9.47 Å². The third kappa shape index (κ3) is 2.93. The minimum absolute atomic E-state index is 0.290. The molecule has 1 aromatic heterocycles. The Labute approximate surface area is 158 Å². The molecule has 140 valence electrons. The summed E-state index contributed by atoms with van der Waals surface area (Å²) in [6.07, 6.45) is 1.01. The molecule has 0 aliphatic carbocycles. The molecule has 2 aliphatic heterocycles. The Balaban J connectivity index is 1.64. The highest BCUT2D eigenvalue weighted by Gasteiger charge is 2.45. The molecule has 3 heterocycles. The summed E-state index contributed by atoms with van der Waals surface area (Å²) in [4.78, 5) is 14.1. The summed E-state index contributed by atoms with van der Waals surface area (Å²) in [5.74, 6) is 0.767. The van der Waals surface area contributed by atoms with E-state index in [4.69, 9.17) is 9.47 Å². The Morgan fingerprint density at radius 1 is 1.19 bits per heavy atom. The molecule has 27 heavy (non-hydrogen) atoms. The van der Waals surface area contributed by atoms with E-state index in [1.807, 2.05) is 61.7 Å². The van der Waals surface area contributed by atoms with Gasteiger partial charge in [-0.05, 0) is 45.0 Å². The summed E-state index contributed by atoms with van der Waals surface area (Å²) < 4.78 is 14.0. The van der Waals surface area contributed by atoms with Crippen molar-refractivity contribution in [2.45, 2.75) is 44.8 Å². The van der Waals surface area contributed by atoms with Crippen LogP contribution in [0.25, 0.3) is 5.69 Å². The first-order valence-corrected chi connectivity index (χ1v) is 9.22. The van der Waals surface area contributed by atoms with Crippen LogP contribution in [0, 0.1) is 11.3 Å². The minimum Gasteiger partial charge on any atom is -0.479 e. The molecule has 0 radical (unpaired) electrons. The van der Waals surface area contributed by atoms with Crippen molar-refractivity contribution in [3.05, 3.63) is 47.8 Å². The Hall–Kier alpha value is -2.94. The number of carbonyl (C=O) groups is 1. The molecule has 0 saturated carbocycles. The van der Waals surface area contributed by atoms with Gasteiger partial charge in [0.15, 0.2) is 5.60 Å². The number of rotatable bonds is 0. The van der Waals surface area contributed by atoms with E-state index in [2.05, 4.69) is 6.07 Å². The van der Waals surface area contributed by atoms with Crippen LogP contribution in [0.2, 0.25) is 0 Å². The summed E-state index contributed by atoms with van der Waals surface area (Å²) in [7, 11) is 0. The number of nitrogens with zero attached hydrogens (tertiary/aromatic N) is 3. The normalized spacial score (nSPS) is 17.5. The number of hydrogen-bond donors (Lipinski definition) is 0. The molecule has 2 aliphatic rings. The summed E-state index contributed by atoms with van der Waals surface area (Å²) >= 11 is 0. The molecule has 0 atom stereocenters. The molecule has 1 amide bonds. The molecule has 1 fully saturated rings. The molecular weight excluding hydrogens is 342 g/mol. The fourth-order valence-electron chi connectivity index (χ4n) is 3.87. The highest BCUT2D eigenvalue weighted by Crippen LogP contribution is 2.45. The predicted molar refractivity (Wildman–Crippen MR) is 99.8 cm³/mol. The number of ether oxygens (including phenoxy) is 2. The number of para-hydroxylation sites is 2. The average molecular weight is 365 g/mol. The van der Waals surface area contributed by atoms with E-state index in [-0.39, 0.29) is 6.09 Å². The quantitative estimate of drug-likeness (QED) is 0.708. The van der Waals surface area contributed by atoms with E-state index in [0.717, 1.165) is 17.1 Å². The van der Waals surface area contributed by atoms with Gasteiger partial charge in [0.25, 0.3) is 0 Å². The lowest BCUT2D eigenvalue weighted by molar-refractivity contribution is -0.0268. The van der Waals surface area contributed by atoms with Crippen molar-refractivity contribution >= 4 is 6.09 Å². The Morgan fingerprint density at radius 2 is 1.89 bits per heavy atom. The molecule has 4 rings (SSSR count). The van der Waals surface area contributed by atoms with Gasteiger partial charge in [-0.2, -0.15) is 5.26 Å². The number of amides is 1. The summed E-state index contributed by atoms with van der Waals surface area (Å²) in [6, 6.07) is 13.8. The van der Waals surface area contributed by atoms with E-state index in [1.54, 1.807) is 4.90 Å². The third-order valence-corrected chi connectivity index (χ3v) is 5.10. The van der Waals surface area contributed by atoms with Crippen LogP contribution in [0.5, 0.6) is 5.75 Å². The van der Waals surface area contributed by atoms with Crippen molar-refractivity contribution < 1.29 is 14.3 Å². The molecule has 1 saturated heterocycles. The van der Waals surface area contributed by atoms with Crippen LogP contribution in [-0.2, 0) is 10.3 Å². The SMILES string of the molecule is CC(C)(C)OC(=O)N1CCC2(CC1)Oc1ccccc1-n1c(C#N)ccc12. The van der Waals surface area contributed by atoms with Gasteiger partial charge in [0, 0.05) is 25.9 Å². The fourth-order valence-corrected chi connectivity index (χ4v) is 3.87. The zero-order valence-electron chi connectivity index (χ0n) is 15.9. The van der Waals surface area contributed by atoms with E-state index in [1.165, 1.54) is 0 Å². The monoisotopic (exact) mass is 365 g/mol. The number of hydrogen-bond acceptors (Lipinski definition) is 4. The average Bonchev–Trinajstić information content (AvgIpc) is 3.06. The van der Waals surface area contributed by atoms with Gasteiger partial charge in [0.05, 0.1) is 11.4 Å². The van der Waals surface area contributed by atoms with Crippen molar-refractivity contribution in [1.29, 1.82) is 5.26 Å². The van der Waals surface area contributed by atoms with Gasteiger partial charge in [-0.15, -0.1) is 0 Å². The second-order valence-electron chi connectivity index (χ2n) is 8.08. The number of benzene rings is 1. The lowest BCUT2D eigenvalue weighted by Crippen LogP contribution is -2.50. The van der Waals surface area contributed by atoms with Crippen LogP contribution in [0.1, 0.15) is 45.0 Å². The van der Waals surface area contributed by atoms with E-state index in [9.17, 15) is 10.1 Å². The standard InChI is InChI=1S/C21H23N3O3/c1-20(2,3)27-19(25)23-12-10-21(11-13-23)18-9-8-15(14-22)24(18)16-6-4-5-7-17(16)26-21/h4-9H,10-13H2,1-3H3. The Bertz CT molecular complexity index is 925. The third-order valence-electron chi connectivity index (χ3n) is 5.10. The second-order valence-corrected chi connectivity index (χ2v) is 8.08. The van der Waals surface area contributed by atoms with E-state index >= 15 is 0 Å². The smallest absolute Gasteiger partial charge is 0.410 e. The van der Waals surface area contributed by atoms with E-state index in [0.29, 0.717) is 31.6 Å². The van der Waals surface area contributed by atoms with Gasteiger partial charge in [-0.25, -0.2) is 4.79 Å². The number of aromatic nitrogens is 1. The van der Waals surface area contributed by atoms with Crippen LogP contribution in [-0.4, -0.2) is 34.3 Å². The summed E-state index contributed by atoms with van der Waals surface area (Å²) in [5, 5.41) is 9.54. The number of likely N-dealkylation sites (tertiary alicyclic amines) is 1. The maximum absolute atomic E-state index is 12.4. The van der Waals surface area contributed by atoms with Gasteiger partial charge < -0.3 is 14.4 Å². The first kappa shape index (κ1) is 17.5. The first-order chi connectivity index (χ1) is 12.8. The van der Waals surface area contributed by atoms with Crippen molar-refractivity contribution in [2.24, 2.45) is 0 Å². The molecule has 1 spiro atoms. The van der Waals surface area contributed by atoms with E-state index < -0.39 is 11.2 Å². The predicted octanol–water partition coefficient (Wildman–Crippen LogP) is 3.97. The highest BCUT2D eigenvalue weighted by molar-refractivity contribution is 5.68. The maximum atomic E-state index is 12.4. The molecule has 1 aromatic carbocycles. The van der Waals surface area contributed by atoms with Crippen LogP contribution in [0.15, 0.2) is 36.4 Å². The van der Waals surface area contributed by atoms with Gasteiger partial charge in [-0.3, -0.25) is 4.57 Å². The number of fused-ring (bicyclic) bond motifs is 4. The van der Waals surface area contributed by atoms with Crippen LogP contribution in [0.3, 0.4) is 0 Å². The fraction of sp³-hybridized carbons (Fsp3) is 0.429. The number of piperidine rings is 1. The number of nitriles is 1.